The number of ether oxygens (including phenoxy) is 1. The lowest BCUT2D eigenvalue weighted by molar-refractivity contribution is -0.139. The number of carboxylic acids is 1. The molecule has 110 valence electrons. The van der Waals surface area contributed by atoms with Gasteiger partial charge in [-0.25, -0.2) is 14.8 Å². The average molecular weight is 290 g/mol. The Morgan fingerprint density at radius 1 is 1.43 bits per heavy atom. The number of carbonyl (C=O) groups excluding carboxylic acids is 1. The predicted octanol–water partition coefficient (Wildman–Crippen LogP) is 0.239. The second-order valence-corrected chi connectivity index (χ2v) is 4.23. The molecule has 8 heteroatoms. The highest BCUT2D eigenvalue weighted by Gasteiger charge is 2.21. The van der Waals surface area contributed by atoms with Crippen LogP contribution in [0.5, 0.6) is 5.88 Å². The first-order valence-corrected chi connectivity index (χ1v) is 6.11. The van der Waals surface area contributed by atoms with Gasteiger partial charge in [0.05, 0.1) is 19.0 Å². The third kappa shape index (κ3) is 3.78. The summed E-state index contributed by atoms with van der Waals surface area (Å²) in [4.78, 5) is 33.7. The molecule has 3 N–H and O–H groups in total. The summed E-state index contributed by atoms with van der Waals surface area (Å²) < 4.78 is 4.89. The van der Waals surface area contributed by atoms with Gasteiger partial charge in [-0.2, -0.15) is 0 Å². The summed E-state index contributed by atoms with van der Waals surface area (Å²) in [5.74, 6) is -1.27. The van der Waals surface area contributed by atoms with E-state index < -0.39 is 17.9 Å². The van der Waals surface area contributed by atoms with Gasteiger partial charge in [0.15, 0.2) is 0 Å². The Kier molecular flexibility index (Phi) is 4.50. The first-order valence-electron chi connectivity index (χ1n) is 6.11. The molecule has 0 aromatic carbocycles. The van der Waals surface area contributed by atoms with E-state index in [1.807, 2.05) is 0 Å². The molecule has 0 saturated heterocycles. The number of pyridine rings is 1. The molecule has 0 spiro atoms. The van der Waals surface area contributed by atoms with Crippen LogP contribution in [-0.4, -0.2) is 45.1 Å². The predicted molar refractivity (Wildman–Crippen MR) is 72.0 cm³/mol. The molecule has 2 aromatic heterocycles. The zero-order chi connectivity index (χ0) is 15.2. The number of rotatable bonds is 6. The Morgan fingerprint density at radius 3 is 2.76 bits per heavy atom. The largest absolute Gasteiger partial charge is 0.481 e. The average Bonchev–Trinajstić information content (AvgIpc) is 2.99. The van der Waals surface area contributed by atoms with Crippen LogP contribution in [0.2, 0.25) is 0 Å². The smallest absolute Gasteiger partial charge is 0.326 e. The van der Waals surface area contributed by atoms with Gasteiger partial charge in [0, 0.05) is 30.6 Å². The molecule has 1 amide bonds. The highest BCUT2D eigenvalue weighted by molar-refractivity contribution is 5.96. The van der Waals surface area contributed by atoms with Crippen molar-refractivity contribution in [1.82, 2.24) is 20.3 Å². The monoisotopic (exact) mass is 290 g/mol. The van der Waals surface area contributed by atoms with Crippen molar-refractivity contribution in [2.45, 2.75) is 12.5 Å². The second-order valence-electron chi connectivity index (χ2n) is 4.23. The van der Waals surface area contributed by atoms with Crippen LogP contribution in [0.15, 0.2) is 30.9 Å². The molecule has 0 bridgehead atoms. The summed E-state index contributed by atoms with van der Waals surface area (Å²) in [6.07, 6.45) is 4.40. The maximum atomic E-state index is 12.0. The van der Waals surface area contributed by atoms with E-state index in [4.69, 9.17) is 9.84 Å². The normalized spacial score (nSPS) is 11.7. The minimum absolute atomic E-state index is 0.116. The van der Waals surface area contributed by atoms with Crippen molar-refractivity contribution < 1.29 is 19.4 Å². The molecule has 21 heavy (non-hydrogen) atoms. The Balaban J connectivity index is 2.05. The van der Waals surface area contributed by atoms with Crippen LogP contribution in [0, 0.1) is 0 Å². The molecule has 1 atom stereocenters. The van der Waals surface area contributed by atoms with Gasteiger partial charge < -0.3 is 20.1 Å². The molecule has 0 aliphatic carbocycles. The third-order valence-corrected chi connectivity index (χ3v) is 2.79. The van der Waals surface area contributed by atoms with E-state index in [0.29, 0.717) is 11.6 Å². The Bertz CT molecular complexity index is 610. The van der Waals surface area contributed by atoms with Crippen molar-refractivity contribution in [2.24, 2.45) is 0 Å². The minimum atomic E-state index is -1.13. The molecule has 0 unspecified atom stereocenters. The fraction of sp³-hybridized carbons (Fsp3) is 0.231. The molecule has 2 heterocycles. The minimum Gasteiger partial charge on any atom is -0.481 e. The zero-order valence-corrected chi connectivity index (χ0v) is 11.2. The number of H-pyrrole nitrogens is 1. The van der Waals surface area contributed by atoms with Gasteiger partial charge in [-0.1, -0.05) is 0 Å². The summed E-state index contributed by atoms with van der Waals surface area (Å²) in [5, 5.41) is 11.6. The number of amides is 1. The summed E-state index contributed by atoms with van der Waals surface area (Å²) in [6, 6.07) is 1.98. The molecule has 2 rings (SSSR count). The van der Waals surface area contributed by atoms with Gasteiger partial charge in [-0.3, -0.25) is 4.79 Å². The number of nitrogens with zero attached hydrogens (tertiary/aromatic N) is 2. The number of aromatic amines is 1. The SMILES string of the molecule is COc1ccc(C(=O)N[C@@H](Cc2cnc[nH]2)C(=O)O)cn1. The second kappa shape index (κ2) is 6.51. The number of carboxylic acid groups (broad SMARTS) is 1. The van der Waals surface area contributed by atoms with Crippen LogP contribution in [0.25, 0.3) is 0 Å². The number of aliphatic carboxylic acids is 1. The number of carbonyl (C=O) groups is 2. The molecular weight excluding hydrogens is 276 g/mol. The number of hydrogen-bond donors (Lipinski definition) is 3. The zero-order valence-electron chi connectivity index (χ0n) is 11.2. The fourth-order valence-corrected chi connectivity index (χ4v) is 1.69. The maximum Gasteiger partial charge on any atom is 0.326 e. The van der Waals surface area contributed by atoms with Gasteiger partial charge in [-0.15, -0.1) is 0 Å². The maximum absolute atomic E-state index is 12.0. The molecule has 8 nitrogen and oxygen atoms in total. The van der Waals surface area contributed by atoms with Crippen molar-refractivity contribution in [3.8, 4) is 5.88 Å². The first kappa shape index (κ1) is 14.5. The molecule has 0 radical (unpaired) electrons. The number of aromatic nitrogens is 3. The molecule has 2 aromatic rings. The number of imidazole rings is 1. The topological polar surface area (TPSA) is 117 Å². The van der Waals surface area contributed by atoms with Gasteiger partial charge in [0.1, 0.15) is 6.04 Å². The lowest BCUT2D eigenvalue weighted by atomic mass is 10.1. The van der Waals surface area contributed by atoms with Crippen LogP contribution >= 0.6 is 0 Å². The lowest BCUT2D eigenvalue weighted by Crippen LogP contribution is -2.42. The number of nitrogens with one attached hydrogen (secondary N) is 2. The van der Waals surface area contributed by atoms with Crippen LogP contribution in [0.3, 0.4) is 0 Å². The van der Waals surface area contributed by atoms with E-state index >= 15 is 0 Å². The fourth-order valence-electron chi connectivity index (χ4n) is 1.69. The van der Waals surface area contributed by atoms with Gasteiger partial charge >= 0.3 is 5.97 Å². The van der Waals surface area contributed by atoms with Crippen LogP contribution in [0.1, 0.15) is 16.1 Å². The van der Waals surface area contributed by atoms with E-state index in [2.05, 4.69) is 20.3 Å². The lowest BCUT2D eigenvalue weighted by Gasteiger charge is -2.13. The quantitative estimate of drug-likeness (QED) is 0.701. The van der Waals surface area contributed by atoms with Gasteiger partial charge in [0.25, 0.3) is 5.91 Å². The number of methoxy groups -OCH3 is 1. The van der Waals surface area contributed by atoms with E-state index in [9.17, 15) is 9.59 Å². The molecule has 0 aliphatic heterocycles. The standard InChI is InChI=1S/C13H14N4O4/c1-21-11-3-2-8(5-15-11)12(18)17-10(13(19)20)4-9-6-14-7-16-9/h2-3,5-7,10H,4H2,1H3,(H,14,16)(H,17,18)(H,19,20)/t10-/m0/s1. The van der Waals surface area contributed by atoms with Crippen molar-refractivity contribution in [3.63, 3.8) is 0 Å². The van der Waals surface area contributed by atoms with E-state index in [-0.39, 0.29) is 12.0 Å². The Morgan fingerprint density at radius 2 is 2.24 bits per heavy atom. The van der Waals surface area contributed by atoms with Crippen molar-refractivity contribution >= 4 is 11.9 Å². The summed E-state index contributed by atoms with van der Waals surface area (Å²) in [5.41, 5.74) is 0.877. The van der Waals surface area contributed by atoms with Crippen LogP contribution in [0.4, 0.5) is 0 Å². The van der Waals surface area contributed by atoms with E-state index in [1.54, 1.807) is 0 Å². The summed E-state index contributed by atoms with van der Waals surface area (Å²) in [7, 11) is 1.47. The van der Waals surface area contributed by atoms with Crippen LogP contribution < -0.4 is 10.1 Å². The Labute approximate surface area is 120 Å². The summed E-state index contributed by atoms with van der Waals surface area (Å²) >= 11 is 0. The molecular formula is C13H14N4O4. The summed E-state index contributed by atoms with van der Waals surface area (Å²) in [6.45, 7) is 0. The van der Waals surface area contributed by atoms with Crippen molar-refractivity contribution in [2.75, 3.05) is 7.11 Å². The first-order chi connectivity index (χ1) is 10.1. The van der Waals surface area contributed by atoms with Crippen molar-refractivity contribution in [3.05, 3.63) is 42.1 Å². The van der Waals surface area contributed by atoms with Gasteiger partial charge in [-0.05, 0) is 6.07 Å². The highest BCUT2D eigenvalue weighted by atomic mass is 16.5. The Hall–Kier alpha value is -2.90. The van der Waals surface area contributed by atoms with Crippen molar-refractivity contribution in [1.29, 1.82) is 0 Å². The molecule has 0 saturated carbocycles. The van der Waals surface area contributed by atoms with Crippen LogP contribution in [-0.2, 0) is 11.2 Å². The van der Waals surface area contributed by atoms with E-state index in [0.717, 1.165) is 0 Å². The third-order valence-electron chi connectivity index (χ3n) is 2.79. The molecule has 0 fully saturated rings. The van der Waals surface area contributed by atoms with Gasteiger partial charge in [0.2, 0.25) is 5.88 Å². The van der Waals surface area contributed by atoms with E-state index in [1.165, 1.54) is 38.0 Å². The number of hydrogen-bond acceptors (Lipinski definition) is 5. The molecule has 0 aliphatic rings. The highest BCUT2D eigenvalue weighted by Crippen LogP contribution is 2.07.